The molecule has 3 aromatic rings. The van der Waals surface area contributed by atoms with E-state index in [0.717, 1.165) is 53.7 Å². The highest BCUT2D eigenvalue weighted by molar-refractivity contribution is 6.30. The molecule has 32 heavy (non-hydrogen) atoms. The summed E-state index contributed by atoms with van der Waals surface area (Å²) in [5, 5.41) is 0.739. The van der Waals surface area contributed by atoms with Crippen LogP contribution < -0.4 is 0 Å². The fourth-order valence-electron chi connectivity index (χ4n) is 5.06. The summed E-state index contributed by atoms with van der Waals surface area (Å²) in [7, 11) is 0. The topological polar surface area (TPSA) is 0 Å². The Morgan fingerprint density at radius 1 is 0.750 bits per heavy atom. The second-order valence-corrected chi connectivity index (χ2v) is 9.84. The van der Waals surface area contributed by atoms with Gasteiger partial charge in [-0.1, -0.05) is 67.1 Å². The number of halogens is 2. The molecule has 0 N–H and O–H groups in total. The third-order valence-electron chi connectivity index (χ3n) is 7.26. The molecule has 0 bridgehead atoms. The molecule has 4 rings (SSSR count). The van der Waals surface area contributed by atoms with Gasteiger partial charge < -0.3 is 0 Å². The Kier molecular flexibility index (Phi) is 8.03. The number of rotatable bonds is 8. The minimum absolute atomic E-state index is 0.0595. The average molecular weight is 449 g/mol. The van der Waals surface area contributed by atoms with E-state index in [2.05, 4.69) is 37.3 Å². The quantitative estimate of drug-likeness (QED) is 0.323. The van der Waals surface area contributed by atoms with Crippen molar-refractivity contribution in [1.82, 2.24) is 0 Å². The summed E-state index contributed by atoms with van der Waals surface area (Å²) in [6.45, 7) is 2.21. The highest BCUT2D eigenvalue weighted by Crippen LogP contribution is 2.37. The first kappa shape index (κ1) is 23.1. The molecular formula is C30H34ClF. The number of hydrogen-bond donors (Lipinski definition) is 0. The SMILES string of the molecule is CCc1ccc(C2CCC(CCc3ccc(CCc4ccc(Cl)cc4)c(F)c3)CC2)cc1. The molecule has 3 aromatic carbocycles. The van der Waals surface area contributed by atoms with Gasteiger partial charge in [0.05, 0.1) is 0 Å². The summed E-state index contributed by atoms with van der Waals surface area (Å²) in [5.74, 6) is 1.43. The first-order valence-corrected chi connectivity index (χ1v) is 12.6. The van der Waals surface area contributed by atoms with Crippen LogP contribution in [0, 0.1) is 11.7 Å². The maximum absolute atomic E-state index is 14.7. The summed E-state index contributed by atoms with van der Waals surface area (Å²) in [5.41, 5.74) is 6.06. The monoisotopic (exact) mass is 448 g/mol. The Morgan fingerprint density at radius 2 is 1.41 bits per heavy atom. The molecule has 0 saturated heterocycles. The molecule has 1 fully saturated rings. The van der Waals surface area contributed by atoms with Gasteiger partial charge >= 0.3 is 0 Å². The van der Waals surface area contributed by atoms with Crippen LogP contribution in [0.5, 0.6) is 0 Å². The minimum atomic E-state index is -0.0595. The van der Waals surface area contributed by atoms with Crippen LogP contribution >= 0.6 is 11.6 Å². The molecule has 0 spiro atoms. The van der Waals surface area contributed by atoms with Gasteiger partial charge in [-0.3, -0.25) is 0 Å². The van der Waals surface area contributed by atoms with Crippen molar-refractivity contribution in [2.45, 2.75) is 70.6 Å². The third-order valence-corrected chi connectivity index (χ3v) is 7.51. The minimum Gasteiger partial charge on any atom is -0.207 e. The number of benzene rings is 3. The first-order valence-electron chi connectivity index (χ1n) is 12.2. The average Bonchev–Trinajstić information content (AvgIpc) is 2.83. The van der Waals surface area contributed by atoms with Gasteiger partial charge in [-0.05, 0) is 116 Å². The number of aryl methyl sites for hydroxylation is 4. The van der Waals surface area contributed by atoms with Crippen molar-refractivity contribution in [3.8, 4) is 0 Å². The molecule has 1 saturated carbocycles. The maximum atomic E-state index is 14.7. The normalized spacial score (nSPS) is 18.6. The Bertz CT molecular complexity index is 982. The van der Waals surface area contributed by atoms with Crippen molar-refractivity contribution >= 4 is 11.6 Å². The molecule has 0 aliphatic heterocycles. The van der Waals surface area contributed by atoms with Crippen molar-refractivity contribution in [1.29, 1.82) is 0 Å². The van der Waals surface area contributed by atoms with E-state index in [1.165, 1.54) is 48.8 Å². The van der Waals surface area contributed by atoms with Crippen LogP contribution in [-0.2, 0) is 25.7 Å². The van der Waals surface area contributed by atoms with Gasteiger partial charge in [0.25, 0.3) is 0 Å². The van der Waals surface area contributed by atoms with E-state index in [1.54, 1.807) is 6.07 Å². The lowest BCUT2D eigenvalue weighted by Crippen LogP contribution is -2.14. The largest absolute Gasteiger partial charge is 0.207 e. The van der Waals surface area contributed by atoms with Crippen molar-refractivity contribution in [2.24, 2.45) is 5.92 Å². The Hall–Kier alpha value is -2.12. The molecule has 0 aromatic heterocycles. The Morgan fingerprint density at radius 3 is 2.06 bits per heavy atom. The van der Waals surface area contributed by atoms with Crippen molar-refractivity contribution in [3.05, 3.63) is 105 Å². The van der Waals surface area contributed by atoms with E-state index < -0.39 is 0 Å². The van der Waals surface area contributed by atoms with Crippen LogP contribution in [0.3, 0.4) is 0 Å². The molecule has 0 atom stereocenters. The molecule has 0 amide bonds. The summed E-state index contributed by atoms with van der Waals surface area (Å²) in [6, 6.07) is 22.9. The van der Waals surface area contributed by atoms with Crippen LogP contribution in [-0.4, -0.2) is 0 Å². The summed E-state index contributed by atoms with van der Waals surface area (Å²) < 4.78 is 14.7. The number of hydrogen-bond acceptors (Lipinski definition) is 0. The lowest BCUT2D eigenvalue weighted by atomic mass is 9.77. The van der Waals surface area contributed by atoms with Crippen LogP contribution in [0.4, 0.5) is 4.39 Å². The molecular weight excluding hydrogens is 415 g/mol. The standard InChI is InChI=1S/C30H34ClF/c1-2-22-5-13-26(14-6-22)27-15-7-23(8-16-27)3-4-25-10-18-28(30(32)21-25)17-9-24-11-19-29(31)20-12-24/h5-6,10-14,18-21,23,27H,2-4,7-9,15-17H2,1H3. The maximum Gasteiger partial charge on any atom is 0.126 e. The molecule has 0 heterocycles. The lowest BCUT2D eigenvalue weighted by Gasteiger charge is -2.29. The van der Waals surface area contributed by atoms with Gasteiger partial charge in [0, 0.05) is 5.02 Å². The third kappa shape index (κ3) is 6.23. The summed E-state index contributed by atoms with van der Waals surface area (Å²) in [4.78, 5) is 0. The summed E-state index contributed by atoms with van der Waals surface area (Å²) in [6.07, 6.45) is 9.97. The predicted molar refractivity (Wildman–Crippen MR) is 134 cm³/mol. The highest BCUT2D eigenvalue weighted by atomic mass is 35.5. The van der Waals surface area contributed by atoms with Crippen LogP contribution in [0.1, 0.15) is 72.8 Å². The molecule has 0 nitrogen and oxygen atoms in total. The van der Waals surface area contributed by atoms with Crippen LogP contribution in [0.2, 0.25) is 5.02 Å². The Labute approximate surface area is 197 Å². The highest BCUT2D eigenvalue weighted by Gasteiger charge is 2.22. The van der Waals surface area contributed by atoms with Gasteiger partial charge in [-0.25, -0.2) is 4.39 Å². The van der Waals surface area contributed by atoms with Gasteiger partial charge in [0.15, 0.2) is 0 Å². The van der Waals surface area contributed by atoms with Gasteiger partial charge in [0.1, 0.15) is 5.82 Å². The molecule has 0 radical (unpaired) electrons. The zero-order valence-electron chi connectivity index (χ0n) is 19.1. The zero-order valence-corrected chi connectivity index (χ0v) is 19.9. The van der Waals surface area contributed by atoms with Crippen molar-refractivity contribution in [2.75, 3.05) is 0 Å². The van der Waals surface area contributed by atoms with E-state index in [1.807, 2.05) is 30.3 Å². The second-order valence-electron chi connectivity index (χ2n) is 9.40. The molecule has 0 unspecified atom stereocenters. The van der Waals surface area contributed by atoms with Gasteiger partial charge in [0.2, 0.25) is 0 Å². The first-order chi connectivity index (χ1) is 15.6. The van der Waals surface area contributed by atoms with Gasteiger partial charge in [-0.15, -0.1) is 0 Å². The van der Waals surface area contributed by atoms with Gasteiger partial charge in [-0.2, -0.15) is 0 Å². The molecule has 2 heteroatoms. The van der Waals surface area contributed by atoms with E-state index in [4.69, 9.17) is 11.6 Å². The van der Waals surface area contributed by atoms with Crippen molar-refractivity contribution < 1.29 is 4.39 Å². The summed E-state index contributed by atoms with van der Waals surface area (Å²) >= 11 is 5.94. The smallest absolute Gasteiger partial charge is 0.126 e. The molecule has 168 valence electrons. The van der Waals surface area contributed by atoms with E-state index >= 15 is 0 Å². The van der Waals surface area contributed by atoms with E-state index in [0.29, 0.717) is 0 Å². The van der Waals surface area contributed by atoms with E-state index in [-0.39, 0.29) is 5.82 Å². The lowest BCUT2D eigenvalue weighted by molar-refractivity contribution is 0.310. The predicted octanol–water partition coefficient (Wildman–Crippen LogP) is 8.73. The molecule has 1 aliphatic rings. The Balaban J connectivity index is 1.23. The van der Waals surface area contributed by atoms with E-state index in [9.17, 15) is 4.39 Å². The second kappa shape index (κ2) is 11.1. The fourth-order valence-corrected chi connectivity index (χ4v) is 5.19. The van der Waals surface area contributed by atoms with Crippen LogP contribution in [0.25, 0.3) is 0 Å². The zero-order chi connectivity index (χ0) is 22.3. The van der Waals surface area contributed by atoms with Crippen LogP contribution in [0.15, 0.2) is 66.7 Å². The fraction of sp³-hybridized carbons (Fsp3) is 0.400. The van der Waals surface area contributed by atoms with Crippen molar-refractivity contribution in [3.63, 3.8) is 0 Å². The molecule has 1 aliphatic carbocycles.